The zero-order chi connectivity index (χ0) is 22.5. The summed E-state index contributed by atoms with van der Waals surface area (Å²) in [7, 11) is 0. The smallest absolute Gasteiger partial charge is 0.255 e. The number of nitrogens with zero attached hydrogens (tertiary/aromatic N) is 6. The lowest BCUT2D eigenvalue weighted by Gasteiger charge is -2.09. The summed E-state index contributed by atoms with van der Waals surface area (Å²) >= 11 is 0. The van der Waals surface area contributed by atoms with Gasteiger partial charge in [-0.15, -0.1) is 0 Å². The number of carbonyl (C=O) groups is 1. The Morgan fingerprint density at radius 3 is 2.48 bits per heavy atom. The highest BCUT2D eigenvalue weighted by atomic mass is 16.1. The van der Waals surface area contributed by atoms with Crippen molar-refractivity contribution in [3.05, 3.63) is 115 Å². The Balaban J connectivity index is 1.42. The van der Waals surface area contributed by atoms with E-state index in [2.05, 4.69) is 20.4 Å². The molecule has 0 saturated carbocycles. The van der Waals surface area contributed by atoms with Crippen LogP contribution in [-0.2, 0) is 13.1 Å². The number of hydrogen-bond acceptors (Lipinski definition) is 5. The summed E-state index contributed by atoms with van der Waals surface area (Å²) in [4.78, 5) is 21.6. The zero-order valence-electron chi connectivity index (χ0n) is 17.7. The molecule has 162 valence electrons. The lowest BCUT2D eigenvalue weighted by molar-refractivity contribution is 0.0951. The molecule has 0 unspecified atom stereocenters. The zero-order valence-corrected chi connectivity index (χ0v) is 17.7. The second kappa shape index (κ2) is 9.27. The largest absolute Gasteiger partial charge is 0.348 e. The van der Waals surface area contributed by atoms with Crippen molar-refractivity contribution in [2.75, 3.05) is 0 Å². The number of aromatic nitrogens is 6. The van der Waals surface area contributed by atoms with Gasteiger partial charge in [-0.2, -0.15) is 10.2 Å². The van der Waals surface area contributed by atoms with Gasteiger partial charge < -0.3 is 5.32 Å². The number of benzene rings is 2. The van der Waals surface area contributed by atoms with Crippen LogP contribution in [0.5, 0.6) is 0 Å². The minimum absolute atomic E-state index is 0.207. The monoisotopic (exact) mass is 435 g/mol. The molecular weight excluding hydrogens is 414 g/mol. The number of carbonyl (C=O) groups excluding carboxylic acids is 1. The number of hydrogen-bond donors (Lipinski definition) is 1. The van der Waals surface area contributed by atoms with Crippen molar-refractivity contribution in [3.63, 3.8) is 0 Å². The summed E-state index contributed by atoms with van der Waals surface area (Å²) in [5, 5.41) is 11.9. The van der Waals surface area contributed by atoms with Gasteiger partial charge in [0, 0.05) is 30.1 Å². The fourth-order valence-electron chi connectivity index (χ4n) is 3.61. The molecule has 0 radical (unpaired) electrons. The summed E-state index contributed by atoms with van der Waals surface area (Å²) in [6, 6.07) is 23.5. The van der Waals surface area contributed by atoms with Gasteiger partial charge in [0.05, 0.1) is 12.1 Å². The van der Waals surface area contributed by atoms with Gasteiger partial charge in [-0.1, -0.05) is 66.7 Å². The molecule has 1 N–H and O–H groups in total. The van der Waals surface area contributed by atoms with Crippen molar-refractivity contribution in [2.45, 2.75) is 13.1 Å². The molecule has 0 bridgehead atoms. The van der Waals surface area contributed by atoms with Gasteiger partial charge in [0.1, 0.15) is 18.3 Å². The van der Waals surface area contributed by atoms with Crippen molar-refractivity contribution >= 4 is 5.91 Å². The quantitative estimate of drug-likeness (QED) is 0.423. The standard InChI is InChI=1S/C25H21N7O/c33-25(28-14-21-12-7-13-27-24(21)32-18-26-17-29-32)22-16-31(15-19-8-3-1-4-9-19)30-23(22)20-10-5-2-6-11-20/h1-13,16-18H,14-15H2,(H,28,33). The van der Waals surface area contributed by atoms with Crippen molar-refractivity contribution in [3.8, 4) is 17.1 Å². The van der Waals surface area contributed by atoms with Crippen LogP contribution in [0.25, 0.3) is 17.1 Å². The summed E-state index contributed by atoms with van der Waals surface area (Å²) in [6.07, 6.45) is 6.51. The molecule has 33 heavy (non-hydrogen) atoms. The molecule has 1 amide bonds. The summed E-state index contributed by atoms with van der Waals surface area (Å²) < 4.78 is 3.38. The maximum absolute atomic E-state index is 13.3. The number of nitrogens with one attached hydrogen (secondary N) is 1. The van der Waals surface area contributed by atoms with E-state index in [4.69, 9.17) is 5.10 Å². The van der Waals surface area contributed by atoms with Crippen molar-refractivity contribution in [1.29, 1.82) is 0 Å². The van der Waals surface area contributed by atoms with Crippen molar-refractivity contribution in [1.82, 2.24) is 34.8 Å². The third-order valence-corrected chi connectivity index (χ3v) is 5.18. The predicted octanol–water partition coefficient (Wildman–Crippen LogP) is 3.50. The van der Waals surface area contributed by atoms with E-state index in [1.165, 1.54) is 6.33 Å². The molecule has 0 spiro atoms. The van der Waals surface area contributed by atoms with Gasteiger partial charge >= 0.3 is 0 Å². The van der Waals surface area contributed by atoms with Crippen LogP contribution in [0.4, 0.5) is 0 Å². The molecule has 8 nitrogen and oxygen atoms in total. The molecule has 0 aliphatic rings. The van der Waals surface area contributed by atoms with Crippen LogP contribution in [-0.4, -0.2) is 35.4 Å². The van der Waals surface area contributed by atoms with Gasteiger partial charge in [0.2, 0.25) is 0 Å². The van der Waals surface area contributed by atoms with E-state index in [1.807, 2.05) is 72.8 Å². The third-order valence-electron chi connectivity index (χ3n) is 5.18. The van der Waals surface area contributed by atoms with Crippen LogP contribution in [0.1, 0.15) is 21.5 Å². The second-order valence-electron chi connectivity index (χ2n) is 7.45. The third kappa shape index (κ3) is 4.54. The maximum atomic E-state index is 13.3. The molecule has 5 rings (SSSR count). The first-order valence-electron chi connectivity index (χ1n) is 10.5. The average Bonchev–Trinajstić information content (AvgIpc) is 3.55. The average molecular weight is 435 g/mol. The molecule has 0 aliphatic heterocycles. The molecule has 3 aromatic heterocycles. The topological polar surface area (TPSA) is 90.5 Å². The van der Waals surface area contributed by atoms with E-state index < -0.39 is 0 Å². The summed E-state index contributed by atoms with van der Waals surface area (Å²) in [6.45, 7) is 0.868. The minimum atomic E-state index is -0.207. The van der Waals surface area contributed by atoms with Crippen LogP contribution in [0, 0.1) is 0 Å². The molecule has 2 aromatic carbocycles. The van der Waals surface area contributed by atoms with Gasteiger partial charge in [0.15, 0.2) is 5.82 Å². The fraction of sp³-hybridized carbons (Fsp3) is 0.0800. The number of rotatable bonds is 7. The SMILES string of the molecule is O=C(NCc1cccnc1-n1cncn1)c1cn(Cc2ccccc2)nc1-c1ccccc1. The molecule has 0 atom stereocenters. The predicted molar refractivity (Wildman–Crippen MR) is 124 cm³/mol. The molecule has 5 aromatic rings. The molecule has 0 fully saturated rings. The van der Waals surface area contributed by atoms with Crippen molar-refractivity contribution in [2.24, 2.45) is 0 Å². The van der Waals surface area contributed by atoms with E-state index in [1.54, 1.807) is 28.1 Å². The lowest BCUT2D eigenvalue weighted by atomic mass is 10.1. The van der Waals surface area contributed by atoms with Gasteiger partial charge in [-0.3, -0.25) is 9.48 Å². The Kier molecular flexibility index (Phi) is 5.71. The van der Waals surface area contributed by atoms with E-state index in [-0.39, 0.29) is 5.91 Å². The highest BCUT2D eigenvalue weighted by molar-refractivity contribution is 5.99. The van der Waals surface area contributed by atoms with Crippen LogP contribution in [0.15, 0.2) is 97.8 Å². The van der Waals surface area contributed by atoms with E-state index >= 15 is 0 Å². The Hall–Kier alpha value is -4.59. The maximum Gasteiger partial charge on any atom is 0.255 e. The number of amides is 1. The van der Waals surface area contributed by atoms with Gasteiger partial charge in [0.25, 0.3) is 5.91 Å². The molecule has 8 heteroatoms. The van der Waals surface area contributed by atoms with Crippen LogP contribution in [0.2, 0.25) is 0 Å². The van der Waals surface area contributed by atoms with E-state index in [0.29, 0.717) is 30.2 Å². The Morgan fingerprint density at radius 2 is 1.73 bits per heavy atom. The minimum Gasteiger partial charge on any atom is -0.348 e. The first-order chi connectivity index (χ1) is 16.3. The van der Waals surface area contributed by atoms with Crippen LogP contribution < -0.4 is 5.32 Å². The van der Waals surface area contributed by atoms with Gasteiger partial charge in [-0.05, 0) is 11.6 Å². The summed E-state index contributed by atoms with van der Waals surface area (Å²) in [5.41, 5.74) is 3.99. The Bertz CT molecular complexity index is 1350. The van der Waals surface area contributed by atoms with E-state index in [0.717, 1.165) is 16.7 Å². The molecule has 0 aliphatic carbocycles. The summed E-state index contributed by atoms with van der Waals surface area (Å²) in [5.74, 6) is 0.417. The highest BCUT2D eigenvalue weighted by Crippen LogP contribution is 2.23. The van der Waals surface area contributed by atoms with Gasteiger partial charge in [-0.25, -0.2) is 14.6 Å². The highest BCUT2D eigenvalue weighted by Gasteiger charge is 2.19. The van der Waals surface area contributed by atoms with Crippen molar-refractivity contribution < 1.29 is 4.79 Å². The Morgan fingerprint density at radius 1 is 0.939 bits per heavy atom. The normalized spacial score (nSPS) is 10.8. The molecule has 3 heterocycles. The fourth-order valence-corrected chi connectivity index (χ4v) is 3.61. The first kappa shape index (κ1) is 20.3. The molecular formula is C25H21N7O. The Labute approximate surface area is 190 Å². The first-order valence-corrected chi connectivity index (χ1v) is 10.5. The second-order valence-corrected chi connectivity index (χ2v) is 7.45. The van der Waals surface area contributed by atoms with Crippen LogP contribution in [0.3, 0.4) is 0 Å². The lowest BCUT2D eigenvalue weighted by Crippen LogP contribution is -2.24. The van der Waals surface area contributed by atoms with E-state index in [9.17, 15) is 4.79 Å². The van der Waals surface area contributed by atoms with Crippen LogP contribution >= 0.6 is 0 Å². The number of pyridine rings is 1. The molecule has 0 saturated heterocycles.